The molecule has 8 heteroatoms. The summed E-state index contributed by atoms with van der Waals surface area (Å²) in [5, 5.41) is 11.7. The second kappa shape index (κ2) is 5.95. The van der Waals surface area contributed by atoms with E-state index in [4.69, 9.17) is 33.0 Å². The van der Waals surface area contributed by atoms with Crippen LogP contribution in [0.15, 0.2) is 6.07 Å². The lowest BCUT2D eigenvalue weighted by molar-refractivity contribution is -0.150. The summed E-state index contributed by atoms with van der Waals surface area (Å²) in [7, 11) is 0. The molecule has 2 N–H and O–H groups in total. The molecule has 0 unspecified atom stereocenters. The highest BCUT2D eigenvalue weighted by Crippen LogP contribution is 2.28. The standard InChI is InChI=1S/C12H12Cl2N2O4/c1-5-4-8(13)15-10(14)9(5)16-11(17)6-2-3-7(20-6)12(18)19/h4,6-7H,2-3H2,1H3,(H,16,17)(H,18,19)/t6-,7+/m0/s1. The van der Waals surface area contributed by atoms with E-state index in [0.29, 0.717) is 24.1 Å². The number of carbonyl (C=O) groups excluding carboxylic acids is 1. The third-order valence-corrected chi connectivity index (χ3v) is 3.44. The molecule has 2 heterocycles. The number of hydrogen-bond acceptors (Lipinski definition) is 4. The Kier molecular flexibility index (Phi) is 4.47. The molecule has 1 amide bonds. The zero-order valence-corrected chi connectivity index (χ0v) is 12.0. The molecule has 20 heavy (non-hydrogen) atoms. The van der Waals surface area contributed by atoms with Crippen molar-refractivity contribution in [1.29, 1.82) is 0 Å². The number of aromatic nitrogens is 1. The molecule has 1 aliphatic rings. The second-order valence-electron chi connectivity index (χ2n) is 4.45. The number of carbonyl (C=O) groups is 2. The van der Waals surface area contributed by atoms with Crippen LogP contribution < -0.4 is 5.32 Å². The van der Waals surface area contributed by atoms with Crippen molar-refractivity contribution < 1.29 is 19.4 Å². The fourth-order valence-corrected chi connectivity index (χ4v) is 2.54. The van der Waals surface area contributed by atoms with E-state index in [0.717, 1.165) is 0 Å². The number of hydrogen-bond donors (Lipinski definition) is 2. The summed E-state index contributed by atoms with van der Waals surface area (Å²) >= 11 is 11.7. The van der Waals surface area contributed by atoms with Crippen molar-refractivity contribution in [1.82, 2.24) is 4.98 Å². The first-order chi connectivity index (χ1) is 9.38. The molecule has 1 fully saturated rings. The van der Waals surface area contributed by atoms with E-state index in [9.17, 15) is 9.59 Å². The van der Waals surface area contributed by atoms with Crippen molar-refractivity contribution in [3.05, 3.63) is 21.9 Å². The summed E-state index contributed by atoms with van der Waals surface area (Å²) < 4.78 is 5.16. The Balaban J connectivity index is 2.08. The summed E-state index contributed by atoms with van der Waals surface area (Å²) in [6, 6.07) is 1.57. The number of ether oxygens (including phenoxy) is 1. The van der Waals surface area contributed by atoms with Gasteiger partial charge in [0.05, 0.1) is 5.69 Å². The number of aliphatic carboxylic acids is 1. The Bertz CT molecular complexity index is 541. The highest BCUT2D eigenvalue weighted by Gasteiger charge is 2.35. The Morgan fingerprint density at radius 3 is 2.60 bits per heavy atom. The van der Waals surface area contributed by atoms with Crippen LogP contribution in [0, 0.1) is 6.92 Å². The third-order valence-electron chi connectivity index (χ3n) is 2.98. The summed E-state index contributed by atoms with van der Waals surface area (Å²) in [5.41, 5.74) is 1.01. The van der Waals surface area contributed by atoms with E-state index < -0.39 is 24.1 Å². The Morgan fingerprint density at radius 1 is 1.40 bits per heavy atom. The zero-order chi connectivity index (χ0) is 14.9. The van der Waals surface area contributed by atoms with Gasteiger partial charge >= 0.3 is 5.97 Å². The number of anilines is 1. The predicted molar refractivity (Wildman–Crippen MR) is 73.2 cm³/mol. The molecule has 0 aromatic carbocycles. The van der Waals surface area contributed by atoms with Crippen molar-refractivity contribution in [2.45, 2.75) is 32.0 Å². The monoisotopic (exact) mass is 318 g/mol. The van der Waals surface area contributed by atoms with Gasteiger partial charge in [0, 0.05) is 0 Å². The molecule has 0 bridgehead atoms. The van der Waals surface area contributed by atoms with E-state index in [1.165, 1.54) is 0 Å². The number of aryl methyl sites for hydroxylation is 1. The maximum Gasteiger partial charge on any atom is 0.332 e. The van der Waals surface area contributed by atoms with Gasteiger partial charge in [-0.25, -0.2) is 9.78 Å². The van der Waals surface area contributed by atoms with E-state index in [1.807, 2.05) is 0 Å². The van der Waals surface area contributed by atoms with Crippen LogP contribution in [0.1, 0.15) is 18.4 Å². The Labute approximate surface area is 125 Å². The summed E-state index contributed by atoms with van der Waals surface area (Å²) in [4.78, 5) is 26.6. The topological polar surface area (TPSA) is 88.5 Å². The van der Waals surface area contributed by atoms with Gasteiger partial charge in [0.15, 0.2) is 11.3 Å². The molecule has 1 aromatic rings. The van der Waals surface area contributed by atoms with Crippen LogP contribution in [0.2, 0.25) is 10.3 Å². The van der Waals surface area contributed by atoms with Crippen molar-refractivity contribution in [2.75, 3.05) is 5.32 Å². The minimum absolute atomic E-state index is 0.0798. The lowest BCUT2D eigenvalue weighted by Gasteiger charge is -2.14. The Hall–Kier alpha value is -1.37. The van der Waals surface area contributed by atoms with Crippen LogP contribution >= 0.6 is 23.2 Å². The molecule has 0 spiro atoms. The number of carboxylic acid groups (broad SMARTS) is 1. The highest BCUT2D eigenvalue weighted by atomic mass is 35.5. The molecule has 2 atom stereocenters. The second-order valence-corrected chi connectivity index (χ2v) is 5.19. The van der Waals surface area contributed by atoms with Crippen LogP contribution in [0.25, 0.3) is 0 Å². The minimum atomic E-state index is -1.07. The van der Waals surface area contributed by atoms with E-state index in [-0.39, 0.29) is 10.3 Å². The van der Waals surface area contributed by atoms with Gasteiger partial charge in [-0.2, -0.15) is 0 Å². The molecule has 108 valence electrons. The van der Waals surface area contributed by atoms with Crippen LogP contribution in [-0.4, -0.2) is 34.2 Å². The third kappa shape index (κ3) is 3.20. The number of nitrogens with one attached hydrogen (secondary N) is 1. The molecule has 0 aliphatic carbocycles. The maximum absolute atomic E-state index is 12.0. The maximum atomic E-state index is 12.0. The number of amides is 1. The number of halogens is 2. The first-order valence-electron chi connectivity index (χ1n) is 5.90. The van der Waals surface area contributed by atoms with Gasteiger partial charge in [-0.05, 0) is 31.4 Å². The zero-order valence-electron chi connectivity index (χ0n) is 10.5. The Morgan fingerprint density at radius 2 is 2.05 bits per heavy atom. The quantitative estimate of drug-likeness (QED) is 0.834. The van der Waals surface area contributed by atoms with Crippen LogP contribution in [0.4, 0.5) is 5.69 Å². The van der Waals surface area contributed by atoms with Crippen LogP contribution in [-0.2, 0) is 14.3 Å². The molecule has 0 saturated carbocycles. The molecule has 1 saturated heterocycles. The van der Waals surface area contributed by atoms with Gasteiger partial charge in [0.25, 0.3) is 5.91 Å². The van der Waals surface area contributed by atoms with Gasteiger partial charge in [-0.15, -0.1) is 0 Å². The lowest BCUT2D eigenvalue weighted by Crippen LogP contribution is -2.30. The molecule has 0 radical (unpaired) electrons. The fourth-order valence-electron chi connectivity index (χ4n) is 1.96. The van der Waals surface area contributed by atoms with Crippen LogP contribution in [0.3, 0.4) is 0 Å². The van der Waals surface area contributed by atoms with Gasteiger partial charge in [0.1, 0.15) is 11.3 Å². The number of nitrogens with zero attached hydrogens (tertiary/aromatic N) is 1. The van der Waals surface area contributed by atoms with Crippen molar-refractivity contribution in [3.8, 4) is 0 Å². The average Bonchev–Trinajstić information content (AvgIpc) is 2.83. The lowest BCUT2D eigenvalue weighted by atomic mass is 10.2. The molecule has 6 nitrogen and oxygen atoms in total. The van der Waals surface area contributed by atoms with Gasteiger partial charge < -0.3 is 15.2 Å². The summed E-state index contributed by atoms with van der Waals surface area (Å²) in [5.74, 6) is -1.51. The molecule has 1 aliphatic heterocycles. The predicted octanol–water partition coefficient (Wildman–Crippen LogP) is 2.27. The van der Waals surface area contributed by atoms with Gasteiger partial charge in [0.2, 0.25) is 0 Å². The average molecular weight is 319 g/mol. The summed E-state index contributed by atoms with van der Waals surface area (Å²) in [6.07, 6.45) is -1.09. The largest absolute Gasteiger partial charge is 0.479 e. The first kappa shape index (κ1) is 15.0. The van der Waals surface area contributed by atoms with Crippen molar-refractivity contribution in [3.63, 3.8) is 0 Å². The smallest absolute Gasteiger partial charge is 0.332 e. The van der Waals surface area contributed by atoms with Crippen molar-refractivity contribution >= 4 is 40.8 Å². The van der Waals surface area contributed by atoms with Gasteiger partial charge in [-0.3, -0.25) is 4.79 Å². The van der Waals surface area contributed by atoms with Gasteiger partial charge in [-0.1, -0.05) is 23.2 Å². The molecule has 1 aromatic heterocycles. The SMILES string of the molecule is Cc1cc(Cl)nc(Cl)c1NC(=O)[C@@H]1CC[C@H](C(=O)O)O1. The van der Waals surface area contributed by atoms with E-state index in [1.54, 1.807) is 13.0 Å². The minimum Gasteiger partial charge on any atom is -0.479 e. The first-order valence-corrected chi connectivity index (χ1v) is 6.66. The van der Waals surface area contributed by atoms with E-state index in [2.05, 4.69) is 10.3 Å². The molecule has 2 rings (SSSR count). The number of pyridine rings is 1. The normalized spacial score (nSPS) is 21.8. The highest BCUT2D eigenvalue weighted by molar-refractivity contribution is 6.34. The number of carboxylic acids is 1. The molecular formula is C12H12Cl2N2O4. The van der Waals surface area contributed by atoms with Crippen molar-refractivity contribution in [2.24, 2.45) is 0 Å². The van der Waals surface area contributed by atoms with Crippen LogP contribution in [0.5, 0.6) is 0 Å². The summed E-state index contributed by atoms with van der Waals surface area (Å²) in [6.45, 7) is 1.73. The fraction of sp³-hybridized carbons (Fsp3) is 0.417. The molecular weight excluding hydrogens is 307 g/mol. The van der Waals surface area contributed by atoms with E-state index >= 15 is 0 Å². The number of rotatable bonds is 3.